The Hall–Kier alpha value is -1.85. The van der Waals surface area contributed by atoms with E-state index in [4.69, 9.17) is 14.0 Å². The maximum absolute atomic E-state index is 13.3. The predicted molar refractivity (Wildman–Crippen MR) is 155 cm³/mol. The molecule has 3 heterocycles. The van der Waals surface area contributed by atoms with Gasteiger partial charge in [0.1, 0.15) is 11.6 Å². The minimum Gasteiger partial charge on any atom is -0.444 e. The monoisotopic (exact) mass is 562 g/mol. The highest BCUT2D eigenvalue weighted by molar-refractivity contribution is 7.99. The minimum absolute atomic E-state index is 0.0228. The number of thioether (sulfide) groups is 1. The third-order valence-electron chi connectivity index (χ3n) is 7.60. The van der Waals surface area contributed by atoms with Gasteiger partial charge in [0.25, 0.3) is 0 Å². The summed E-state index contributed by atoms with van der Waals surface area (Å²) in [5.41, 5.74) is -0.571. The summed E-state index contributed by atoms with van der Waals surface area (Å²) in [7, 11) is -0.458. The lowest BCUT2D eigenvalue weighted by Crippen LogP contribution is -2.54. The molecule has 2 amide bonds. The summed E-state index contributed by atoms with van der Waals surface area (Å²) in [6.07, 6.45) is 7.17. The highest BCUT2D eigenvalue weighted by Gasteiger charge is 2.52. The van der Waals surface area contributed by atoms with Crippen molar-refractivity contribution < 1.29 is 23.6 Å². The van der Waals surface area contributed by atoms with Crippen molar-refractivity contribution in [2.75, 3.05) is 18.8 Å². The molecule has 0 aromatic carbocycles. The molecule has 11 heteroatoms. The van der Waals surface area contributed by atoms with Crippen LogP contribution >= 0.6 is 11.8 Å². The number of ether oxygens (including phenoxy) is 1. The first-order valence-corrected chi connectivity index (χ1v) is 15.2. The number of hydrogen-bond acceptors (Lipinski definition) is 8. The Labute approximate surface area is 239 Å². The number of alkyl carbamates (subject to hydrolysis) is 1. The average Bonchev–Trinajstić information content (AvgIpc) is 3.06. The van der Waals surface area contributed by atoms with E-state index in [1.54, 1.807) is 24.2 Å². The zero-order chi connectivity index (χ0) is 29.0. The smallest absolute Gasteiger partial charge is 0.444 e. The van der Waals surface area contributed by atoms with Crippen LogP contribution in [0.2, 0.25) is 0 Å². The standard InChI is InChI=1S/C28H47BN4O5S/c1-19(2)22(32-25(35)36-26(3,4)5)23(34)33-14-10-12-20(18-33)13-11-15-39-24-30-16-21(17-31-24)29-37-27(6,7)28(8,9)38-29/h16-17,19-20,22H,10-15,18H2,1-9H3,(H,32,35)/t20-,22+/m1/s1. The molecule has 2 atom stereocenters. The molecule has 39 heavy (non-hydrogen) atoms. The highest BCUT2D eigenvalue weighted by atomic mass is 32.2. The lowest BCUT2D eigenvalue weighted by atomic mass is 9.81. The zero-order valence-electron chi connectivity index (χ0n) is 25.2. The molecule has 1 aromatic heterocycles. The van der Waals surface area contributed by atoms with Crippen molar-refractivity contribution in [2.24, 2.45) is 11.8 Å². The van der Waals surface area contributed by atoms with Crippen LogP contribution in [0.15, 0.2) is 17.6 Å². The second kappa shape index (κ2) is 12.8. The molecule has 9 nitrogen and oxygen atoms in total. The molecule has 2 fully saturated rings. The van der Waals surface area contributed by atoms with E-state index in [1.807, 2.05) is 67.2 Å². The lowest BCUT2D eigenvalue weighted by Gasteiger charge is -2.36. The van der Waals surface area contributed by atoms with Gasteiger partial charge in [-0.1, -0.05) is 25.6 Å². The van der Waals surface area contributed by atoms with Gasteiger partial charge in [-0.05, 0) is 86.0 Å². The van der Waals surface area contributed by atoms with Gasteiger partial charge in [-0.3, -0.25) is 4.79 Å². The molecule has 1 N–H and O–H groups in total. The fourth-order valence-corrected chi connectivity index (χ4v) is 5.43. The van der Waals surface area contributed by atoms with E-state index >= 15 is 0 Å². The summed E-state index contributed by atoms with van der Waals surface area (Å²) >= 11 is 1.64. The summed E-state index contributed by atoms with van der Waals surface area (Å²) in [5, 5.41) is 3.54. The van der Waals surface area contributed by atoms with Crippen molar-refractivity contribution in [2.45, 2.75) is 116 Å². The van der Waals surface area contributed by atoms with E-state index in [-0.39, 0.29) is 11.8 Å². The van der Waals surface area contributed by atoms with Crippen LogP contribution < -0.4 is 10.8 Å². The molecule has 0 aliphatic carbocycles. The molecule has 2 aliphatic heterocycles. The van der Waals surface area contributed by atoms with E-state index in [2.05, 4.69) is 15.3 Å². The van der Waals surface area contributed by atoms with Gasteiger partial charge < -0.3 is 24.3 Å². The maximum Gasteiger partial charge on any atom is 0.498 e. The Kier molecular flexibility index (Phi) is 10.4. The Morgan fingerprint density at radius 3 is 2.36 bits per heavy atom. The minimum atomic E-state index is -0.608. The number of amides is 2. The van der Waals surface area contributed by atoms with Gasteiger partial charge in [0.05, 0.1) is 11.2 Å². The molecular weight excluding hydrogens is 515 g/mol. The van der Waals surface area contributed by atoms with Crippen LogP contribution in [0.4, 0.5) is 4.79 Å². The number of nitrogens with zero attached hydrogens (tertiary/aromatic N) is 3. The zero-order valence-corrected chi connectivity index (χ0v) is 26.0. The first kappa shape index (κ1) is 31.7. The molecule has 2 aliphatic rings. The topological polar surface area (TPSA) is 103 Å². The molecule has 218 valence electrons. The van der Waals surface area contributed by atoms with Crippen LogP contribution in [-0.2, 0) is 18.8 Å². The maximum atomic E-state index is 13.3. The molecule has 0 spiro atoms. The number of rotatable bonds is 9. The lowest BCUT2D eigenvalue weighted by molar-refractivity contribution is -0.136. The van der Waals surface area contributed by atoms with Crippen molar-refractivity contribution in [1.29, 1.82) is 0 Å². The van der Waals surface area contributed by atoms with Crippen molar-refractivity contribution >= 4 is 36.3 Å². The number of carbonyl (C=O) groups excluding carboxylic acids is 2. The fourth-order valence-electron chi connectivity index (χ4n) is 4.68. The first-order valence-electron chi connectivity index (χ1n) is 14.2. The van der Waals surface area contributed by atoms with Crippen LogP contribution in [0.3, 0.4) is 0 Å². The average molecular weight is 563 g/mol. The molecule has 0 unspecified atom stereocenters. The van der Waals surface area contributed by atoms with Gasteiger partial charge >= 0.3 is 13.2 Å². The summed E-state index contributed by atoms with van der Waals surface area (Å²) < 4.78 is 17.5. The van der Waals surface area contributed by atoms with Gasteiger partial charge in [-0.25, -0.2) is 14.8 Å². The number of carbonyl (C=O) groups is 2. The van der Waals surface area contributed by atoms with Crippen LogP contribution in [0.25, 0.3) is 0 Å². The number of hydrogen-bond donors (Lipinski definition) is 1. The molecule has 0 radical (unpaired) electrons. The summed E-state index contributed by atoms with van der Waals surface area (Å²) in [6.45, 7) is 18.9. The molecule has 1 aromatic rings. The van der Waals surface area contributed by atoms with Crippen LogP contribution in [0.1, 0.15) is 88.0 Å². The van der Waals surface area contributed by atoms with Crippen molar-refractivity contribution in [3.63, 3.8) is 0 Å². The highest BCUT2D eigenvalue weighted by Crippen LogP contribution is 2.36. The van der Waals surface area contributed by atoms with Crippen molar-refractivity contribution in [1.82, 2.24) is 20.2 Å². The van der Waals surface area contributed by atoms with Gasteiger partial charge in [-0.2, -0.15) is 0 Å². The van der Waals surface area contributed by atoms with Crippen molar-refractivity contribution in [3.8, 4) is 0 Å². The number of nitrogens with one attached hydrogen (secondary N) is 1. The largest absolute Gasteiger partial charge is 0.498 e. The molecule has 2 saturated heterocycles. The number of piperidine rings is 1. The van der Waals surface area contributed by atoms with E-state index in [0.29, 0.717) is 5.92 Å². The van der Waals surface area contributed by atoms with E-state index in [9.17, 15) is 9.59 Å². The Bertz CT molecular complexity index is 967. The third kappa shape index (κ3) is 8.82. The number of aromatic nitrogens is 2. The molecule has 0 bridgehead atoms. The van der Waals surface area contributed by atoms with E-state index < -0.39 is 36.1 Å². The first-order chi connectivity index (χ1) is 18.1. The molecule has 0 saturated carbocycles. The third-order valence-corrected chi connectivity index (χ3v) is 8.56. The Morgan fingerprint density at radius 2 is 1.79 bits per heavy atom. The van der Waals surface area contributed by atoms with Crippen LogP contribution in [-0.4, -0.2) is 75.7 Å². The van der Waals surface area contributed by atoms with E-state index in [1.165, 1.54) is 0 Å². The predicted octanol–water partition coefficient (Wildman–Crippen LogP) is 4.44. The van der Waals surface area contributed by atoms with E-state index in [0.717, 1.165) is 55.1 Å². The van der Waals surface area contributed by atoms with Gasteiger partial charge in [0.2, 0.25) is 5.91 Å². The Balaban J connectivity index is 1.44. The second-order valence-corrected chi connectivity index (χ2v) is 14.1. The summed E-state index contributed by atoms with van der Waals surface area (Å²) in [5.74, 6) is 1.31. The normalized spacial score (nSPS) is 21.6. The quantitative estimate of drug-likeness (QED) is 0.204. The SMILES string of the molecule is CC(C)[C@H](NC(=O)OC(C)(C)C)C(=O)N1CCC[C@H](CCCSc2ncc(B3OC(C)(C)C(C)(C)O3)cn2)C1. The summed E-state index contributed by atoms with van der Waals surface area (Å²) in [4.78, 5) is 36.6. The van der Waals surface area contributed by atoms with Crippen LogP contribution in [0, 0.1) is 11.8 Å². The van der Waals surface area contributed by atoms with Gasteiger partial charge in [0, 0.05) is 36.7 Å². The fraction of sp³-hybridized carbons (Fsp3) is 0.786. The van der Waals surface area contributed by atoms with Gasteiger partial charge in [0.15, 0.2) is 5.16 Å². The van der Waals surface area contributed by atoms with Crippen LogP contribution in [0.5, 0.6) is 0 Å². The summed E-state index contributed by atoms with van der Waals surface area (Å²) in [6, 6.07) is -0.591. The van der Waals surface area contributed by atoms with Gasteiger partial charge in [-0.15, -0.1) is 0 Å². The van der Waals surface area contributed by atoms with Crippen molar-refractivity contribution in [3.05, 3.63) is 12.4 Å². The number of likely N-dealkylation sites (tertiary alicyclic amines) is 1. The molecular formula is C28H47BN4O5S. The Morgan fingerprint density at radius 1 is 1.18 bits per heavy atom. The second-order valence-electron chi connectivity index (χ2n) is 13.0. The molecule has 3 rings (SSSR count).